The number of carbonyl (C=O) groups is 5. The maximum Gasteiger partial charge on any atom is 0.350 e. The van der Waals surface area contributed by atoms with Crippen molar-refractivity contribution in [3.8, 4) is 0 Å². The third-order valence-electron chi connectivity index (χ3n) is 6.64. The Morgan fingerprint density at radius 2 is 2.00 bits per heavy atom. The zero-order valence-corrected chi connectivity index (χ0v) is 25.7. The van der Waals surface area contributed by atoms with Gasteiger partial charge in [0.2, 0.25) is 29.2 Å². The van der Waals surface area contributed by atoms with Gasteiger partial charge in [-0.2, -0.15) is 9.36 Å². The van der Waals surface area contributed by atoms with Crippen molar-refractivity contribution in [3.05, 3.63) is 23.0 Å². The van der Waals surface area contributed by atoms with Crippen LogP contribution in [0.5, 0.6) is 0 Å². The summed E-state index contributed by atoms with van der Waals surface area (Å²) in [6.45, 7) is 2.83. The summed E-state index contributed by atoms with van der Waals surface area (Å²) in [4.78, 5) is 72.2. The highest BCUT2D eigenvalue weighted by Crippen LogP contribution is 2.40. The summed E-state index contributed by atoms with van der Waals surface area (Å²) in [5.41, 5.74) is 15.3. The number of nitrogens with zero attached hydrogens (tertiary/aromatic N) is 6. The van der Waals surface area contributed by atoms with Crippen LogP contribution in [0.3, 0.4) is 0 Å². The second-order valence-electron chi connectivity index (χ2n) is 10.2. The zero-order chi connectivity index (χ0) is 33.2. The maximum absolute atomic E-state index is 13.2. The van der Waals surface area contributed by atoms with Gasteiger partial charge in [-0.3, -0.25) is 14.9 Å². The minimum atomic E-state index is -1.83. The summed E-state index contributed by atoms with van der Waals surface area (Å²) in [6.07, 6.45) is 1.50. The van der Waals surface area contributed by atoms with Gasteiger partial charge in [0, 0.05) is 30.2 Å². The van der Waals surface area contributed by atoms with E-state index in [1.807, 2.05) is 0 Å². The predicted molar refractivity (Wildman–Crippen MR) is 157 cm³/mol. The molecule has 4 rings (SSSR count). The first kappa shape index (κ1) is 32.9. The number of carbonyl (C=O) groups excluding carboxylic acids is 4. The van der Waals surface area contributed by atoms with Gasteiger partial charge in [0.15, 0.2) is 23.2 Å². The van der Waals surface area contributed by atoms with E-state index in [4.69, 9.17) is 22.0 Å². The number of aliphatic carboxylic acids is 2. The van der Waals surface area contributed by atoms with Crippen molar-refractivity contribution in [2.24, 2.45) is 17.9 Å². The largest absolute Gasteiger partial charge is 0.548 e. The first-order valence-electron chi connectivity index (χ1n) is 13.0. The number of nitrogen functional groups attached to an aromatic ring is 2. The third-order valence-corrected chi connectivity index (χ3v) is 8.40. The topological polar surface area (TPSA) is 302 Å². The molecule has 0 radical (unpaired) electrons. The van der Waals surface area contributed by atoms with Gasteiger partial charge < -0.3 is 52.6 Å². The highest BCUT2D eigenvalue weighted by Gasteiger charge is 2.55. The van der Waals surface area contributed by atoms with Crippen molar-refractivity contribution in [1.29, 1.82) is 0 Å². The number of amides is 4. The van der Waals surface area contributed by atoms with Gasteiger partial charge in [-0.25, -0.2) is 9.59 Å². The normalized spacial score (nSPS) is 19.6. The monoisotopic (exact) mass is 666 g/mol. The minimum absolute atomic E-state index is 0.0122. The summed E-state index contributed by atoms with van der Waals surface area (Å²) in [7, 11) is 1.59. The SMILES string of the molecule is Cn1c(N)c(NC(=O)NCCN)c[n+]1CC1=CS[C@@H]2[C@H](NC(=O)/C(=N\OC(C)(C)C(=O)O)c3nsc(N)n3)C(=O)N2[C@H]1C(=O)[O-]. The first-order valence-corrected chi connectivity index (χ1v) is 14.7. The number of β-lactam (4-membered cyclic amide) rings is 1. The molecule has 242 valence electrons. The van der Waals surface area contributed by atoms with Crippen LogP contribution in [0.1, 0.15) is 19.7 Å². The van der Waals surface area contributed by atoms with Crippen LogP contribution in [0.25, 0.3) is 0 Å². The second-order valence-corrected chi connectivity index (χ2v) is 11.9. The Kier molecular flexibility index (Phi) is 9.48. The summed E-state index contributed by atoms with van der Waals surface area (Å²) >= 11 is 1.82. The Hall–Kier alpha value is -4.96. The number of thioether (sulfide) groups is 1. The zero-order valence-electron chi connectivity index (χ0n) is 24.0. The highest BCUT2D eigenvalue weighted by molar-refractivity contribution is 8.02. The van der Waals surface area contributed by atoms with Gasteiger partial charge in [0.1, 0.15) is 17.5 Å². The molecule has 0 aromatic carbocycles. The molecule has 2 aromatic heterocycles. The Morgan fingerprint density at radius 1 is 1.29 bits per heavy atom. The van der Waals surface area contributed by atoms with Crippen LogP contribution < -0.4 is 42.9 Å². The van der Waals surface area contributed by atoms with E-state index >= 15 is 0 Å². The number of carboxylic acid groups (broad SMARTS) is 2. The van der Waals surface area contributed by atoms with E-state index in [2.05, 4.69) is 30.5 Å². The van der Waals surface area contributed by atoms with E-state index in [9.17, 15) is 34.2 Å². The first-order chi connectivity index (χ1) is 21.2. The fraction of sp³-hybridized carbons (Fsp3) is 0.435. The van der Waals surface area contributed by atoms with E-state index in [-0.39, 0.29) is 47.7 Å². The number of urea groups is 1. The fourth-order valence-electron chi connectivity index (χ4n) is 4.15. The molecule has 0 unspecified atom stereocenters. The van der Waals surface area contributed by atoms with Crippen LogP contribution in [0.15, 0.2) is 22.3 Å². The fourth-order valence-corrected chi connectivity index (χ4v) is 5.80. The van der Waals surface area contributed by atoms with Gasteiger partial charge in [-0.15, -0.1) is 21.1 Å². The Labute approximate surface area is 262 Å². The molecule has 22 heteroatoms. The number of rotatable bonds is 12. The summed E-state index contributed by atoms with van der Waals surface area (Å²) in [6, 6.07) is -3.22. The molecule has 2 aliphatic rings. The number of oxime groups is 1. The van der Waals surface area contributed by atoms with E-state index in [1.165, 1.54) is 29.4 Å². The average molecular weight is 667 g/mol. The lowest BCUT2D eigenvalue weighted by molar-refractivity contribution is -0.765. The average Bonchev–Trinajstić information content (AvgIpc) is 3.52. The molecular weight excluding hydrogens is 636 g/mol. The highest BCUT2D eigenvalue weighted by atomic mass is 32.2. The van der Waals surface area contributed by atoms with E-state index < -0.39 is 58.6 Å². The van der Waals surface area contributed by atoms with Crippen molar-refractivity contribution < 1.29 is 43.7 Å². The molecule has 0 spiro atoms. The smallest absolute Gasteiger partial charge is 0.350 e. The van der Waals surface area contributed by atoms with E-state index in [1.54, 1.807) is 12.5 Å². The van der Waals surface area contributed by atoms with Gasteiger partial charge in [-0.05, 0) is 19.3 Å². The molecule has 3 atom stereocenters. The molecule has 1 saturated heterocycles. The lowest BCUT2D eigenvalue weighted by atomic mass is 9.97. The van der Waals surface area contributed by atoms with Crippen molar-refractivity contribution in [3.63, 3.8) is 0 Å². The molecule has 4 heterocycles. The van der Waals surface area contributed by atoms with Crippen molar-refractivity contribution in [2.75, 3.05) is 29.9 Å². The molecule has 0 saturated carbocycles. The Bertz CT molecular complexity index is 1600. The molecule has 1 fully saturated rings. The second kappa shape index (κ2) is 13.0. The molecule has 2 aromatic rings. The summed E-state index contributed by atoms with van der Waals surface area (Å²) in [5, 5.41) is 33.5. The van der Waals surface area contributed by atoms with Crippen LogP contribution in [-0.4, -0.2) is 95.7 Å². The van der Waals surface area contributed by atoms with Crippen molar-refractivity contribution in [1.82, 2.24) is 29.6 Å². The summed E-state index contributed by atoms with van der Waals surface area (Å²) in [5.74, 6) is -4.73. The van der Waals surface area contributed by atoms with Crippen molar-refractivity contribution in [2.45, 2.75) is 43.5 Å². The number of nitrogens with two attached hydrogens (primary N) is 3. The minimum Gasteiger partial charge on any atom is -0.548 e. The number of hydrogen-bond acceptors (Lipinski definition) is 15. The van der Waals surface area contributed by atoms with Crippen LogP contribution in [-0.2, 0) is 37.6 Å². The van der Waals surface area contributed by atoms with Crippen LogP contribution in [0.4, 0.5) is 21.4 Å². The quantitative estimate of drug-likeness (QED) is 0.0493. The lowest BCUT2D eigenvalue weighted by Gasteiger charge is -2.52. The molecule has 0 aliphatic carbocycles. The van der Waals surface area contributed by atoms with E-state index in [0.717, 1.165) is 28.2 Å². The standard InChI is InChI=1S/C23H30N12O8S2/c1-23(2,20(40)41)43-31-11(15-30-21(26)45-32-15)16(36)29-12-17(37)35-13(19(38)39)9(8-44-18(12)35)6-34-7-10(14(25)33(34)3)28-22(42)27-5-4-24/h7-8,12-13,18,25H,4-6,24H2,1-3H3,(H7,26,27,28,29,30,32,36,38,39,40,41,42)/b31-11-/t12-,13-,18-/m1/s1. The van der Waals surface area contributed by atoms with Crippen molar-refractivity contribution >= 4 is 75.4 Å². The number of anilines is 3. The number of fused-ring (bicyclic) bond motifs is 1. The molecular formula is C23H30N12O8S2. The molecule has 0 bridgehead atoms. The van der Waals surface area contributed by atoms with Gasteiger partial charge in [0.25, 0.3) is 5.91 Å². The molecule has 10 N–H and O–H groups in total. The van der Waals surface area contributed by atoms with Gasteiger partial charge in [-0.1, -0.05) is 5.16 Å². The Morgan fingerprint density at radius 3 is 2.60 bits per heavy atom. The van der Waals surface area contributed by atoms with Crippen LogP contribution >= 0.6 is 23.3 Å². The lowest BCUT2D eigenvalue weighted by Crippen LogP contribution is -2.75. The number of carboxylic acids is 2. The summed E-state index contributed by atoms with van der Waals surface area (Å²) < 4.78 is 6.93. The van der Waals surface area contributed by atoms with Crippen LogP contribution in [0, 0.1) is 0 Å². The molecule has 2 aliphatic heterocycles. The predicted octanol–water partition coefficient (Wildman–Crippen LogP) is -3.90. The number of aromatic nitrogens is 4. The third kappa shape index (κ3) is 6.76. The number of hydrogen-bond donors (Lipinski definition) is 7. The molecule has 45 heavy (non-hydrogen) atoms. The van der Waals surface area contributed by atoms with Gasteiger partial charge in [0.05, 0.1) is 13.0 Å². The molecule has 4 amide bonds. The molecule has 20 nitrogen and oxygen atoms in total. The van der Waals surface area contributed by atoms with E-state index in [0.29, 0.717) is 0 Å². The Balaban J connectivity index is 1.53. The maximum atomic E-state index is 13.2. The van der Waals surface area contributed by atoms with Gasteiger partial charge >= 0.3 is 12.0 Å². The van der Waals surface area contributed by atoms with Crippen LogP contribution in [0.2, 0.25) is 0 Å². The number of nitrogens with one attached hydrogen (secondary N) is 3.